The smallest absolute Gasteiger partial charge is 0.142 e. The summed E-state index contributed by atoms with van der Waals surface area (Å²) in [6.45, 7) is 1.40. The van der Waals surface area contributed by atoms with Crippen LogP contribution in [0.4, 0.5) is 4.39 Å². The normalized spacial score (nSPS) is 31.5. The molecule has 1 N–H and O–H groups in total. The van der Waals surface area contributed by atoms with Crippen molar-refractivity contribution in [1.29, 1.82) is 0 Å². The van der Waals surface area contributed by atoms with Gasteiger partial charge < -0.3 is 4.74 Å². The van der Waals surface area contributed by atoms with Gasteiger partial charge >= 0.3 is 0 Å². The molecule has 1 saturated heterocycles. The van der Waals surface area contributed by atoms with Gasteiger partial charge in [0, 0.05) is 29.7 Å². The lowest BCUT2D eigenvalue weighted by atomic mass is 9.86. The third-order valence-corrected chi connectivity index (χ3v) is 6.06. The average Bonchev–Trinajstić information content (AvgIpc) is 3.20. The van der Waals surface area contributed by atoms with Gasteiger partial charge in [0.2, 0.25) is 0 Å². The number of fused-ring (bicyclic) bond motifs is 2. The van der Waals surface area contributed by atoms with Crippen molar-refractivity contribution >= 4 is 11.6 Å². The van der Waals surface area contributed by atoms with Gasteiger partial charge in [0.1, 0.15) is 11.4 Å². The second-order valence-electron chi connectivity index (χ2n) is 7.31. The van der Waals surface area contributed by atoms with Gasteiger partial charge in [-0.15, -0.1) is 0 Å². The van der Waals surface area contributed by atoms with Crippen LogP contribution >= 0.6 is 11.6 Å². The Labute approximate surface area is 147 Å². The maximum absolute atomic E-state index is 15.6. The van der Waals surface area contributed by atoms with Crippen molar-refractivity contribution in [2.45, 2.75) is 37.4 Å². The Morgan fingerprint density at radius 3 is 2.67 bits per heavy atom. The molecule has 0 aromatic heterocycles. The lowest BCUT2D eigenvalue weighted by molar-refractivity contribution is 0.0186. The summed E-state index contributed by atoms with van der Waals surface area (Å²) in [5.74, 6) is 1.98. The summed E-state index contributed by atoms with van der Waals surface area (Å²) in [4.78, 5) is 0. The Hall–Kier alpha value is -1.10. The van der Waals surface area contributed by atoms with Crippen molar-refractivity contribution in [3.63, 3.8) is 0 Å². The first kappa shape index (κ1) is 16.4. The quantitative estimate of drug-likeness (QED) is 0.828. The highest BCUT2D eigenvalue weighted by atomic mass is 35.5. The standard InChI is InChI=1S/C19H24ClFN2O/c1-24-18-5-4-15(20)12-16(18)19(21)6-8-23(9-7-19)22-17-11-13-2-3-14(17)10-13/h2-5,12-14,17,22H,6-11H2,1H3/t13-,14-,17-/m0/s1. The van der Waals surface area contributed by atoms with Crippen LogP contribution in [-0.4, -0.2) is 31.3 Å². The largest absolute Gasteiger partial charge is 0.496 e. The number of hydrogen-bond donors (Lipinski definition) is 1. The van der Waals surface area contributed by atoms with Crippen LogP contribution in [0.1, 0.15) is 31.2 Å². The van der Waals surface area contributed by atoms with E-state index in [1.54, 1.807) is 25.3 Å². The lowest BCUT2D eigenvalue weighted by Gasteiger charge is -2.39. The zero-order valence-corrected chi connectivity index (χ0v) is 14.7. The van der Waals surface area contributed by atoms with Gasteiger partial charge in [-0.2, -0.15) is 0 Å². The SMILES string of the molecule is COc1ccc(Cl)cc1C1(F)CCN(N[C@H]2C[C@H]3C=C[C@H]2C3)CC1. The molecule has 5 heteroatoms. The number of halogens is 2. The van der Waals surface area contributed by atoms with Crippen molar-refractivity contribution in [2.24, 2.45) is 11.8 Å². The lowest BCUT2D eigenvalue weighted by Crippen LogP contribution is -2.52. The van der Waals surface area contributed by atoms with Crippen molar-refractivity contribution in [3.05, 3.63) is 40.9 Å². The third kappa shape index (κ3) is 2.96. The summed E-state index contributed by atoms with van der Waals surface area (Å²) in [7, 11) is 1.58. The Balaban J connectivity index is 1.42. The molecule has 1 saturated carbocycles. The van der Waals surface area contributed by atoms with E-state index in [1.807, 2.05) is 0 Å². The third-order valence-electron chi connectivity index (χ3n) is 5.83. The number of benzene rings is 1. The van der Waals surface area contributed by atoms with E-state index in [0.717, 1.165) is 5.92 Å². The molecule has 2 bridgehead atoms. The number of nitrogens with one attached hydrogen (secondary N) is 1. The first-order valence-electron chi connectivity index (χ1n) is 8.80. The molecule has 4 rings (SSSR count). The topological polar surface area (TPSA) is 24.5 Å². The van der Waals surface area contributed by atoms with Crippen LogP contribution in [-0.2, 0) is 5.67 Å². The summed E-state index contributed by atoms with van der Waals surface area (Å²) < 4.78 is 20.9. The second-order valence-corrected chi connectivity index (χ2v) is 7.75. The minimum Gasteiger partial charge on any atom is -0.496 e. The fraction of sp³-hybridized carbons (Fsp3) is 0.579. The number of alkyl halides is 1. The number of ether oxygens (including phenoxy) is 1. The molecular weight excluding hydrogens is 327 g/mol. The zero-order valence-electron chi connectivity index (χ0n) is 14.0. The van der Waals surface area contributed by atoms with Crippen LogP contribution in [0.3, 0.4) is 0 Å². The molecular formula is C19H24ClFN2O. The predicted molar refractivity (Wildman–Crippen MR) is 93.9 cm³/mol. The Morgan fingerprint density at radius 1 is 1.25 bits per heavy atom. The van der Waals surface area contributed by atoms with E-state index in [0.29, 0.717) is 54.2 Å². The summed E-state index contributed by atoms with van der Waals surface area (Å²) in [5, 5.41) is 2.76. The number of rotatable bonds is 4. The van der Waals surface area contributed by atoms with Gasteiger partial charge in [-0.1, -0.05) is 23.8 Å². The molecule has 1 aromatic carbocycles. The fourth-order valence-electron chi connectivity index (χ4n) is 4.45. The van der Waals surface area contributed by atoms with Crippen molar-refractivity contribution < 1.29 is 9.13 Å². The number of methoxy groups -OCH3 is 1. The second kappa shape index (κ2) is 6.32. The summed E-state index contributed by atoms with van der Waals surface area (Å²) in [6.07, 6.45) is 8.07. The summed E-state index contributed by atoms with van der Waals surface area (Å²) in [5.41, 5.74) is 2.85. The van der Waals surface area contributed by atoms with Crippen LogP contribution < -0.4 is 10.2 Å². The van der Waals surface area contributed by atoms with Crippen LogP contribution in [0.2, 0.25) is 5.02 Å². The van der Waals surface area contributed by atoms with Crippen molar-refractivity contribution in [1.82, 2.24) is 10.4 Å². The molecule has 24 heavy (non-hydrogen) atoms. The first-order valence-corrected chi connectivity index (χ1v) is 9.17. The molecule has 0 amide bonds. The van der Waals surface area contributed by atoms with Crippen LogP contribution in [0.25, 0.3) is 0 Å². The van der Waals surface area contributed by atoms with E-state index in [4.69, 9.17) is 16.3 Å². The van der Waals surface area contributed by atoms with Crippen LogP contribution in [0, 0.1) is 11.8 Å². The van der Waals surface area contributed by atoms with E-state index in [2.05, 4.69) is 22.6 Å². The minimum absolute atomic E-state index is 0.452. The predicted octanol–water partition coefficient (Wildman–Crippen LogP) is 4.08. The molecule has 1 heterocycles. The minimum atomic E-state index is -1.37. The molecule has 3 atom stereocenters. The monoisotopic (exact) mass is 350 g/mol. The van der Waals surface area contributed by atoms with E-state index in [-0.39, 0.29) is 0 Å². The molecule has 2 fully saturated rings. The molecule has 1 aliphatic heterocycles. The first-order chi connectivity index (χ1) is 11.6. The van der Waals surface area contributed by atoms with Gasteiger partial charge in [0.05, 0.1) is 7.11 Å². The molecule has 1 aromatic rings. The zero-order chi connectivity index (χ0) is 16.7. The van der Waals surface area contributed by atoms with E-state index >= 15 is 4.39 Å². The highest BCUT2D eigenvalue weighted by Crippen LogP contribution is 2.43. The molecule has 0 radical (unpaired) electrons. The maximum Gasteiger partial charge on any atom is 0.142 e. The number of nitrogens with zero attached hydrogens (tertiary/aromatic N) is 1. The number of hydrogen-bond acceptors (Lipinski definition) is 3. The maximum atomic E-state index is 15.6. The van der Waals surface area contributed by atoms with E-state index in [1.165, 1.54) is 12.8 Å². The number of hydrazine groups is 1. The van der Waals surface area contributed by atoms with Crippen molar-refractivity contribution in [2.75, 3.05) is 20.2 Å². The molecule has 2 aliphatic carbocycles. The van der Waals surface area contributed by atoms with E-state index in [9.17, 15) is 0 Å². The van der Waals surface area contributed by atoms with Gasteiger partial charge in [-0.05, 0) is 55.7 Å². The number of allylic oxidation sites excluding steroid dienone is 1. The van der Waals surface area contributed by atoms with Crippen LogP contribution in [0.15, 0.2) is 30.4 Å². The van der Waals surface area contributed by atoms with Gasteiger partial charge in [-0.25, -0.2) is 9.40 Å². The van der Waals surface area contributed by atoms with E-state index < -0.39 is 5.67 Å². The van der Waals surface area contributed by atoms with Crippen molar-refractivity contribution in [3.8, 4) is 5.75 Å². The fourth-order valence-corrected chi connectivity index (χ4v) is 4.63. The molecule has 0 unspecified atom stereocenters. The molecule has 0 spiro atoms. The highest BCUT2D eigenvalue weighted by molar-refractivity contribution is 6.30. The average molecular weight is 351 g/mol. The Morgan fingerprint density at radius 2 is 2.04 bits per heavy atom. The van der Waals surface area contributed by atoms with Crippen LogP contribution in [0.5, 0.6) is 5.75 Å². The molecule has 3 aliphatic rings. The molecule has 3 nitrogen and oxygen atoms in total. The highest BCUT2D eigenvalue weighted by Gasteiger charge is 2.41. The van der Waals surface area contributed by atoms with Gasteiger partial charge in [0.25, 0.3) is 0 Å². The van der Waals surface area contributed by atoms with Gasteiger partial charge in [-0.3, -0.25) is 5.43 Å². The Bertz CT molecular complexity index is 642. The number of piperidine rings is 1. The molecule has 130 valence electrons. The summed E-state index contributed by atoms with van der Waals surface area (Å²) in [6, 6.07) is 5.73. The van der Waals surface area contributed by atoms with Gasteiger partial charge in [0.15, 0.2) is 0 Å². The summed E-state index contributed by atoms with van der Waals surface area (Å²) >= 11 is 6.08. The Kier molecular flexibility index (Phi) is 4.31.